The summed E-state index contributed by atoms with van der Waals surface area (Å²) in [4.78, 5) is 20.6. The van der Waals surface area contributed by atoms with E-state index in [9.17, 15) is 4.79 Å². The Balaban J connectivity index is 2.04. The molecule has 0 radical (unpaired) electrons. The third-order valence-electron chi connectivity index (χ3n) is 4.03. The lowest BCUT2D eigenvalue weighted by Gasteiger charge is -2.45. The van der Waals surface area contributed by atoms with Gasteiger partial charge in [-0.2, -0.15) is 0 Å². The van der Waals surface area contributed by atoms with Crippen LogP contribution in [0.2, 0.25) is 0 Å². The third kappa shape index (κ3) is 4.16. The monoisotopic (exact) mass is 290 g/mol. The largest absolute Gasteiger partial charge is 0.372 e. The zero-order valence-electron chi connectivity index (χ0n) is 13.7. The topological polar surface area (TPSA) is 66.9 Å². The molecular weight excluding hydrogens is 264 g/mol. The molecule has 1 aliphatic carbocycles. The van der Waals surface area contributed by atoms with Crippen molar-refractivity contribution in [3.8, 4) is 0 Å². The fourth-order valence-corrected chi connectivity index (χ4v) is 3.78. The van der Waals surface area contributed by atoms with E-state index in [2.05, 4.69) is 48.3 Å². The Morgan fingerprint density at radius 3 is 2.24 bits per heavy atom. The van der Waals surface area contributed by atoms with Crippen molar-refractivity contribution in [1.29, 1.82) is 0 Å². The molecule has 0 aliphatic heterocycles. The standard InChI is InChI=1S/C16H26N4O/c1-15(2)6-11(7-16(3,4)10-15)20-14(21)12-8-19-13(17-5)9-18-12/h8-9,11H,6-7,10H2,1-5H3,(H,17,19)(H,20,21). The van der Waals surface area contributed by atoms with Gasteiger partial charge in [0.05, 0.1) is 12.4 Å². The van der Waals surface area contributed by atoms with Gasteiger partial charge in [-0.05, 0) is 30.1 Å². The summed E-state index contributed by atoms with van der Waals surface area (Å²) in [6, 6.07) is 0.196. The molecule has 0 atom stereocenters. The van der Waals surface area contributed by atoms with Crippen molar-refractivity contribution < 1.29 is 4.79 Å². The van der Waals surface area contributed by atoms with Crippen molar-refractivity contribution >= 4 is 11.7 Å². The van der Waals surface area contributed by atoms with Crippen LogP contribution in [0.1, 0.15) is 57.4 Å². The molecule has 116 valence electrons. The van der Waals surface area contributed by atoms with Gasteiger partial charge in [-0.1, -0.05) is 27.7 Å². The van der Waals surface area contributed by atoms with Crippen LogP contribution < -0.4 is 10.6 Å². The lowest BCUT2D eigenvalue weighted by atomic mass is 9.63. The predicted octanol–water partition coefficient (Wildman–Crippen LogP) is 2.85. The maximum atomic E-state index is 12.3. The average Bonchev–Trinajstić information content (AvgIpc) is 2.35. The summed E-state index contributed by atoms with van der Waals surface area (Å²) in [5, 5.41) is 6.01. The number of hydrogen-bond acceptors (Lipinski definition) is 4. The molecule has 0 aromatic carbocycles. The molecule has 0 bridgehead atoms. The smallest absolute Gasteiger partial charge is 0.271 e. The lowest BCUT2D eigenvalue weighted by molar-refractivity contribution is 0.0710. The average molecular weight is 290 g/mol. The number of carbonyl (C=O) groups is 1. The highest BCUT2D eigenvalue weighted by Crippen LogP contribution is 2.45. The first-order chi connectivity index (χ1) is 9.71. The van der Waals surface area contributed by atoms with E-state index in [4.69, 9.17) is 0 Å². The number of hydrogen-bond donors (Lipinski definition) is 2. The van der Waals surface area contributed by atoms with Crippen LogP contribution in [0.5, 0.6) is 0 Å². The highest BCUT2D eigenvalue weighted by atomic mass is 16.1. The van der Waals surface area contributed by atoms with Crippen LogP contribution in [0.4, 0.5) is 5.82 Å². The molecule has 0 saturated heterocycles. The van der Waals surface area contributed by atoms with Crippen molar-refractivity contribution in [3.63, 3.8) is 0 Å². The Labute approximate surface area is 127 Å². The quantitative estimate of drug-likeness (QED) is 0.898. The highest BCUT2D eigenvalue weighted by Gasteiger charge is 2.39. The van der Waals surface area contributed by atoms with Crippen LogP contribution in [0.25, 0.3) is 0 Å². The second kappa shape index (κ2) is 5.62. The summed E-state index contributed by atoms with van der Waals surface area (Å²) >= 11 is 0. The molecule has 5 heteroatoms. The second-order valence-electron chi connectivity index (χ2n) is 7.62. The van der Waals surface area contributed by atoms with Gasteiger partial charge in [-0.3, -0.25) is 4.79 Å². The van der Waals surface area contributed by atoms with E-state index in [0.29, 0.717) is 11.5 Å². The Morgan fingerprint density at radius 1 is 1.14 bits per heavy atom. The SMILES string of the molecule is CNc1cnc(C(=O)NC2CC(C)(C)CC(C)(C)C2)cn1. The normalized spacial score (nSPS) is 20.8. The molecule has 5 nitrogen and oxygen atoms in total. The highest BCUT2D eigenvalue weighted by molar-refractivity contribution is 5.92. The summed E-state index contributed by atoms with van der Waals surface area (Å²) < 4.78 is 0. The molecule has 1 aromatic heterocycles. The first-order valence-electron chi connectivity index (χ1n) is 7.51. The van der Waals surface area contributed by atoms with Gasteiger partial charge in [0.15, 0.2) is 0 Å². The maximum absolute atomic E-state index is 12.3. The van der Waals surface area contributed by atoms with Gasteiger partial charge in [-0.15, -0.1) is 0 Å². The summed E-state index contributed by atoms with van der Waals surface area (Å²) in [5.41, 5.74) is 0.873. The molecule has 1 saturated carbocycles. The van der Waals surface area contributed by atoms with Crippen molar-refractivity contribution in [3.05, 3.63) is 18.1 Å². The second-order valence-corrected chi connectivity index (χ2v) is 7.62. The van der Waals surface area contributed by atoms with Crippen LogP contribution in [0.15, 0.2) is 12.4 Å². The van der Waals surface area contributed by atoms with Crippen molar-refractivity contribution in [1.82, 2.24) is 15.3 Å². The predicted molar refractivity (Wildman–Crippen MR) is 84.2 cm³/mol. The molecule has 2 N–H and O–H groups in total. The zero-order chi connectivity index (χ0) is 15.7. The van der Waals surface area contributed by atoms with Gasteiger partial charge in [0.25, 0.3) is 5.91 Å². The summed E-state index contributed by atoms with van der Waals surface area (Å²) in [6.45, 7) is 9.09. The van der Waals surface area contributed by atoms with Crippen molar-refractivity contribution in [2.75, 3.05) is 12.4 Å². The van der Waals surface area contributed by atoms with E-state index >= 15 is 0 Å². The lowest BCUT2D eigenvalue weighted by Crippen LogP contribution is -2.46. The van der Waals surface area contributed by atoms with Gasteiger partial charge in [-0.25, -0.2) is 9.97 Å². The number of amides is 1. The number of aromatic nitrogens is 2. The van der Waals surface area contributed by atoms with E-state index in [-0.39, 0.29) is 22.8 Å². The Hall–Kier alpha value is -1.65. The Morgan fingerprint density at radius 2 is 1.76 bits per heavy atom. The van der Waals surface area contributed by atoms with Gasteiger partial charge < -0.3 is 10.6 Å². The van der Waals surface area contributed by atoms with Crippen LogP contribution in [0.3, 0.4) is 0 Å². The van der Waals surface area contributed by atoms with Crippen LogP contribution in [-0.4, -0.2) is 29.0 Å². The zero-order valence-corrected chi connectivity index (χ0v) is 13.7. The first-order valence-corrected chi connectivity index (χ1v) is 7.51. The van der Waals surface area contributed by atoms with Gasteiger partial charge >= 0.3 is 0 Å². The van der Waals surface area contributed by atoms with E-state index in [1.54, 1.807) is 13.2 Å². The van der Waals surface area contributed by atoms with Crippen LogP contribution >= 0.6 is 0 Å². The number of rotatable bonds is 3. The number of nitrogens with one attached hydrogen (secondary N) is 2. The minimum atomic E-state index is -0.136. The summed E-state index contributed by atoms with van der Waals surface area (Å²) in [7, 11) is 1.77. The van der Waals surface area contributed by atoms with Gasteiger partial charge in [0, 0.05) is 13.1 Å². The van der Waals surface area contributed by atoms with Gasteiger partial charge in [0.2, 0.25) is 0 Å². The maximum Gasteiger partial charge on any atom is 0.271 e. The fourth-order valence-electron chi connectivity index (χ4n) is 3.78. The van der Waals surface area contributed by atoms with E-state index < -0.39 is 0 Å². The first kappa shape index (κ1) is 15.7. The van der Waals surface area contributed by atoms with E-state index in [0.717, 1.165) is 12.8 Å². The summed E-state index contributed by atoms with van der Waals surface area (Å²) in [5.74, 6) is 0.523. The van der Waals surface area contributed by atoms with Gasteiger partial charge in [0.1, 0.15) is 11.5 Å². The number of anilines is 1. The summed E-state index contributed by atoms with van der Waals surface area (Å²) in [6.07, 6.45) is 6.28. The molecule has 1 heterocycles. The number of nitrogens with zero attached hydrogens (tertiary/aromatic N) is 2. The van der Waals surface area contributed by atoms with Crippen LogP contribution in [-0.2, 0) is 0 Å². The molecule has 0 spiro atoms. The third-order valence-corrected chi connectivity index (χ3v) is 4.03. The van der Waals surface area contributed by atoms with Crippen LogP contribution in [0, 0.1) is 10.8 Å². The van der Waals surface area contributed by atoms with E-state index in [1.165, 1.54) is 12.6 Å². The molecule has 1 fully saturated rings. The fraction of sp³-hybridized carbons (Fsp3) is 0.688. The Bertz CT molecular complexity index is 492. The minimum Gasteiger partial charge on any atom is -0.372 e. The molecule has 1 amide bonds. The molecule has 0 unspecified atom stereocenters. The van der Waals surface area contributed by atoms with E-state index in [1.807, 2.05) is 0 Å². The minimum absolute atomic E-state index is 0.136. The molecular formula is C16H26N4O. The number of carbonyl (C=O) groups excluding carboxylic acids is 1. The Kier molecular flexibility index (Phi) is 4.21. The van der Waals surface area contributed by atoms with Crippen molar-refractivity contribution in [2.45, 2.75) is 53.0 Å². The molecule has 1 aliphatic rings. The molecule has 21 heavy (non-hydrogen) atoms. The van der Waals surface area contributed by atoms with Crippen molar-refractivity contribution in [2.24, 2.45) is 10.8 Å². The molecule has 2 rings (SSSR count). The molecule has 1 aromatic rings.